The SMILES string of the molecule is CCC(CO)N(Cc1ccccn1)C(=O)c1ccccc1-c1ccc(F)cc1. The van der Waals surface area contributed by atoms with E-state index >= 15 is 0 Å². The quantitative estimate of drug-likeness (QED) is 0.667. The minimum Gasteiger partial charge on any atom is -0.394 e. The molecule has 0 spiro atoms. The first kappa shape index (κ1) is 19.7. The van der Waals surface area contributed by atoms with Gasteiger partial charge in [0.25, 0.3) is 5.91 Å². The van der Waals surface area contributed by atoms with Crippen LogP contribution in [0.1, 0.15) is 29.4 Å². The molecule has 0 fully saturated rings. The molecule has 3 rings (SSSR count). The number of amides is 1. The van der Waals surface area contributed by atoms with E-state index in [9.17, 15) is 14.3 Å². The number of halogens is 1. The molecule has 5 heteroatoms. The molecule has 0 radical (unpaired) electrons. The van der Waals surface area contributed by atoms with E-state index in [1.54, 1.807) is 35.4 Å². The Hall–Kier alpha value is -3.05. The second-order valence-electron chi connectivity index (χ2n) is 6.55. The third kappa shape index (κ3) is 4.43. The molecule has 1 unspecified atom stereocenters. The molecule has 0 saturated heterocycles. The Morgan fingerprint density at radius 1 is 1.07 bits per heavy atom. The standard InChI is InChI=1S/C23H23FN2O2/c1-2-20(16-27)26(15-19-7-5-6-14-25-19)23(28)22-9-4-3-8-21(22)17-10-12-18(24)13-11-17/h3-14,20,27H,2,15-16H2,1H3. The molecule has 1 N–H and O–H groups in total. The van der Waals surface area contributed by atoms with Crippen molar-refractivity contribution in [1.29, 1.82) is 0 Å². The Labute approximate surface area is 164 Å². The Kier molecular flexibility index (Phi) is 6.50. The number of aliphatic hydroxyl groups excluding tert-OH is 1. The highest BCUT2D eigenvalue weighted by atomic mass is 19.1. The van der Waals surface area contributed by atoms with Gasteiger partial charge in [0.1, 0.15) is 5.82 Å². The maximum atomic E-state index is 13.5. The summed E-state index contributed by atoms with van der Waals surface area (Å²) in [6, 6.07) is 18.6. The van der Waals surface area contributed by atoms with Crippen LogP contribution in [0.15, 0.2) is 72.9 Å². The zero-order valence-electron chi connectivity index (χ0n) is 15.8. The first-order valence-corrected chi connectivity index (χ1v) is 9.30. The van der Waals surface area contributed by atoms with Crippen LogP contribution in [0.3, 0.4) is 0 Å². The largest absolute Gasteiger partial charge is 0.394 e. The normalized spacial score (nSPS) is 11.8. The first-order chi connectivity index (χ1) is 13.6. The summed E-state index contributed by atoms with van der Waals surface area (Å²) in [6.07, 6.45) is 2.30. The summed E-state index contributed by atoms with van der Waals surface area (Å²) in [6.45, 7) is 2.11. The van der Waals surface area contributed by atoms with Crippen LogP contribution in [0.25, 0.3) is 11.1 Å². The molecule has 144 valence electrons. The molecule has 1 heterocycles. The van der Waals surface area contributed by atoms with Gasteiger partial charge in [-0.2, -0.15) is 0 Å². The van der Waals surface area contributed by atoms with Gasteiger partial charge in [-0.3, -0.25) is 9.78 Å². The van der Waals surface area contributed by atoms with E-state index < -0.39 is 0 Å². The highest BCUT2D eigenvalue weighted by molar-refractivity contribution is 6.01. The first-order valence-electron chi connectivity index (χ1n) is 9.30. The summed E-state index contributed by atoms with van der Waals surface area (Å²) >= 11 is 0. The van der Waals surface area contributed by atoms with Crippen LogP contribution in [-0.4, -0.2) is 33.5 Å². The molecular formula is C23H23FN2O2. The van der Waals surface area contributed by atoms with Crippen molar-refractivity contribution in [2.75, 3.05) is 6.61 Å². The number of hydrogen-bond donors (Lipinski definition) is 1. The number of benzene rings is 2. The number of nitrogens with zero attached hydrogens (tertiary/aromatic N) is 2. The van der Waals surface area contributed by atoms with Crippen molar-refractivity contribution in [2.45, 2.75) is 25.9 Å². The van der Waals surface area contributed by atoms with Gasteiger partial charge in [0.05, 0.1) is 24.9 Å². The summed E-state index contributed by atoms with van der Waals surface area (Å²) in [5, 5.41) is 9.83. The third-order valence-electron chi connectivity index (χ3n) is 4.75. The molecule has 0 aliphatic heterocycles. The van der Waals surface area contributed by atoms with Crippen LogP contribution in [0.4, 0.5) is 4.39 Å². The molecule has 4 nitrogen and oxygen atoms in total. The fourth-order valence-corrected chi connectivity index (χ4v) is 3.19. The van der Waals surface area contributed by atoms with Crippen molar-refractivity contribution in [1.82, 2.24) is 9.88 Å². The van der Waals surface area contributed by atoms with Gasteiger partial charge in [0, 0.05) is 11.8 Å². The van der Waals surface area contributed by atoms with E-state index in [0.29, 0.717) is 18.5 Å². The van der Waals surface area contributed by atoms with Crippen LogP contribution in [0.5, 0.6) is 0 Å². The number of carbonyl (C=O) groups is 1. The molecule has 0 bridgehead atoms. The molecule has 1 atom stereocenters. The van der Waals surface area contributed by atoms with Gasteiger partial charge in [-0.1, -0.05) is 43.3 Å². The van der Waals surface area contributed by atoms with Crippen molar-refractivity contribution in [3.63, 3.8) is 0 Å². The lowest BCUT2D eigenvalue weighted by Gasteiger charge is -2.30. The fourth-order valence-electron chi connectivity index (χ4n) is 3.19. The van der Waals surface area contributed by atoms with Crippen molar-refractivity contribution < 1.29 is 14.3 Å². The number of pyridine rings is 1. The summed E-state index contributed by atoms with van der Waals surface area (Å²) in [5.41, 5.74) is 2.76. The summed E-state index contributed by atoms with van der Waals surface area (Å²) in [4.78, 5) is 19.5. The van der Waals surface area contributed by atoms with Crippen molar-refractivity contribution in [2.24, 2.45) is 0 Å². The third-order valence-corrected chi connectivity index (χ3v) is 4.75. The lowest BCUT2D eigenvalue weighted by molar-refractivity contribution is 0.0561. The molecule has 3 aromatic rings. The number of aromatic nitrogens is 1. The average Bonchev–Trinajstić information content (AvgIpc) is 2.75. The zero-order valence-corrected chi connectivity index (χ0v) is 15.8. The van der Waals surface area contributed by atoms with E-state index in [0.717, 1.165) is 16.8 Å². The van der Waals surface area contributed by atoms with Crippen molar-refractivity contribution >= 4 is 5.91 Å². The Morgan fingerprint density at radius 3 is 2.43 bits per heavy atom. The number of rotatable bonds is 7. The van der Waals surface area contributed by atoms with Gasteiger partial charge < -0.3 is 10.0 Å². The highest BCUT2D eigenvalue weighted by Crippen LogP contribution is 2.26. The van der Waals surface area contributed by atoms with Gasteiger partial charge in [-0.15, -0.1) is 0 Å². The summed E-state index contributed by atoms with van der Waals surface area (Å²) in [5.74, 6) is -0.512. The second-order valence-corrected chi connectivity index (χ2v) is 6.55. The smallest absolute Gasteiger partial charge is 0.255 e. The lowest BCUT2D eigenvalue weighted by atomic mass is 9.98. The van der Waals surface area contributed by atoms with Crippen molar-refractivity contribution in [3.05, 3.63) is 90.0 Å². The summed E-state index contributed by atoms with van der Waals surface area (Å²) in [7, 11) is 0. The average molecular weight is 378 g/mol. The monoisotopic (exact) mass is 378 g/mol. The van der Waals surface area contributed by atoms with E-state index in [1.807, 2.05) is 37.3 Å². The number of aliphatic hydroxyl groups is 1. The van der Waals surface area contributed by atoms with E-state index in [-0.39, 0.29) is 24.4 Å². The Bertz CT molecular complexity index is 909. The van der Waals surface area contributed by atoms with Crippen molar-refractivity contribution in [3.8, 4) is 11.1 Å². The van der Waals surface area contributed by atoms with Gasteiger partial charge in [0.15, 0.2) is 0 Å². The predicted octanol–water partition coefficient (Wildman–Crippen LogP) is 4.30. The molecule has 0 aliphatic rings. The maximum absolute atomic E-state index is 13.5. The van der Waals surface area contributed by atoms with Gasteiger partial charge in [0.2, 0.25) is 0 Å². The van der Waals surface area contributed by atoms with E-state index in [2.05, 4.69) is 4.98 Å². The molecule has 0 aliphatic carbocycles. The minimum atomic E-state index is -0.323. The van der Waals surface area contributed by atoms with E-state index in [4.69, 9.17) is 0 Å². The van der Waals surface area contributed by atoms with Crippen LogP contribution in [0.2, 0.25) is 0 Å². The van der Waals surface area contributed by atoms with Crippen LogP contribution in [0, 0.1) is 5.82 Å². The van der Waals surface area contributed by atoms with Gasteiger partial charge in [-0.05, 0) is 47.9 Å². The lowest BCUT2D eigenvalue weighted by Crippen LogP contribution is -2.42. The number of carbonyl (C=O) groups excluding carboxylic acids is 1. The second kappa shape index (κ2) is 9.24. The summed E-state index contributed by atoms with van der Waals surface area (Å²) < 4.78 is 13.3. The predicted molar refractivity (Wildman–Crippen MR) is 107 cm³/mol. The maximum Gasteiger partial charge on any atom is 0.255 e. The van der Waals surface area contributed by atoms with Gasteiger partial charge in [-0.25, -0.2) is 4.39 Å². The molecule has 1 amide bonds. The molecule has 2 aromatic carbocycles. The van der Waals surface area contributed by atoms with Crippen LogP contribution < -0.4 is 0 Å². The highest BCUT2D eigenvalue weighted by Gasteiger charge is 2.25. The molecule has 28 heavy (non-hydrogen) atoms. The zero-order chi connectivity index (χ0) is 19.9. The Balaban J connectivity index is 2.00. The molecule has 1 aromatic heterocycles. The number of hydrogen-bond acceptors (Lipinski definition) is 3. The molecular weight excluding hydrogens is 355 g/mol. The fraction of sp³-hybridized carbons (Fsp3) is 0.217. The Morgan fingerprint density at radius 2 is 1.79 bits per heavy atom. The van der Waals surface area contributed by atoms with Crippen LogP contribution in [-0.2, 0) is 6.54 Å². The van der Waals surface area contributed by atoms with E-state index in [1.165, 1.54) is 12.1 Å². The van der Waals surface area contributed by atoms with Gasteiger partial charge >= 0.3 is 0 Å². The molecule has 0 saturated carbocycles. The minimum absolute atomic E-state index is 0.131. The topological polar surface area (TPSA) is 53.4 Å². The van der Waals surface area contributed by atoms with Crippen LogP contribution >= 0.6 is 0 Å².